The van der Waals surface area contributed by atoms with Gasteiger partial charge in [-0.25, -0.2) is 0 Å². The Balaban J connectivity index is 1.75. The molecule has 0 bridgehead atoms. The van der Waals surface area contributed by atoms with Gasteiger partial charge in [-0.3, -0.25) is 9.59 Å². The van der Waals surface area contributed by atoms with Crippen LogP contribution in [0.3, 0.4) is 0 Å². The van der Waals surface area contributed by atoms with Crippen molar-refractivity contribution in [2.45, 2.75) is 58.0 Å². The summed E-state index contributed by atoms with van der Waals surface area (Å²) in [6, 6.07) is 8.16. The van der Waals surface area contributed by atoms with E-state index in [0.717, 1.165) is 37.9 Å². The first-order valence-corrected chi connectivity index (χ1v) is 8.31. The second-order valence-electron chi connectivity index (χ2n) is 6.59. The molecule has 2 amide bonds. The van der Waals surface area contributed by atoms with Crippen molar-refractivity contribution in [2.75, 3.05) is 11.4 Å². The molecule has 1 aliphatic heterocycles. The van der Waals surface area contributed by atoms with E-state index in [2.05, 4.69) is 13.8 Å². The Bertz CT molecular complexity index is 559. The lowest BCUT2D eigenvalue weighted by Gasteiger charge is -2.28. The highest BCUT2D eigenvalue weighted by Crippen LogP contribution is 2.30. The number of piperidine rings is 1. The molecule has 4 nitrogen and oxygen atoms in total. The molecule has 0 N–H and O–H groups in total. The van der Waals surface area contributed by atoms with E-state index in [-0.39, 0.29) is 17.9 Å². The summed E-state index contributed by atoms with van der Waals surface area (Å²) in [6.07, 6.45) is 4.89. The van der Waals surface area contributed by atoms with Gasteiger partial charge in [-0.05, 0) is 63.8 Å². The Morgan fingerprint density at radius 3 is 2.41 bits per heavy atom. The molecular formula is C18H24N2O2. The third-order valence-corrected chi connectivity index (χ3v) is 4.48. The fourth-order valence-electron chi connectivity index (χ4n) is 3.19. The Hall–Kier alpha value is -1.84. The van der Waals surface area contributed by atoms with Gasteiger partial charge in [-0.15, -0.1) is 0 Å². The summed E-state index contributed by atoms with van der Waals surface area (Å²) >= 11 is 0. The van der Waals surface area contributed by atoms with Gasteiger partial charge in [0.25, 0.3) is 5.91 Å². The minimum atomic E-state index is 0.106. The number of hydrogen-bond donors (Lipinski definition) is 0. The highest BCUT2D eigenvalue weighted by Gasteiger charge is 2.34. The van der Waals surface area contributed by atoms with Crippen LogP contribution in [0, 0.1) is 0 Å². The van der Waals surface area contributed by atoms with Crippen LogP contribution in [0.1, 0.15) is 56.3 Å². The lowest BCUT2D eigenvalue weighted by molar-refractivity contribution is -0.119. The number of carbonyl (C=O) groups is 2. The summed E-state index contributed by atoms with van der Waals surface area (Å²) in [7, 11) is 0. The standard InChI is InChI=1S/C18H24N2O2/c1-13(2)20(16-10-11-16)18(22)14-6-8-15(9-7-14)19-12-4-3-5-17(19)21/h6-9,13,16H,3-5,10-12H2,1-2H3. The Morgan fingerprint density at radius 1 is 1.18 bits per heavy atom. The van der Waals surface area contributed by atoms with Crippen LogP contribution >= 0.6 is 0 Å². The molecule has 0 spiro atoms. The maximum atomic E-state index is 12.7. The lowest BCUT2D eigenvalue weighted by Crippen LogP contribution is -2.39. The van der Waals surface area contributed by atoms with E-state index < -0.39 is 0 Å². The average Bonchev–Trinajstić information content (AvgIpc) is 3.32. The summed E-state index contributed by atoms with van der Waals surface area (Å²) < 4.78 is 0. The molecule has 118 valence electrons. The number of hydrogen-bond acceptors (Lipinski definition) is 2. The Morgan fingerprint density at radius 2 is 1.86 bits per heavy atom. The van der Waals surface area contributed by atoms with Crippen LogP contribution in [0.2, 0.25) is 0 Å². The molecule has 4 heteroatoms. The van der Waals surface area contributed by atoms with Crippen molar-refractivity contribution >= 4 is 17.5 Å². The van der Waals surface area contributed by atoms with Crippen LogP contribution in [-0.2, 0) is 4.79 Å². The van der Waals surface area contributed by atoms with E-state index in [4.69, 9.17) is 0 Å². The number of amides is 2. The molecule has 0 radical (unpaired) electrons. The zero-order chi connectivity index (χ0) is 15.7. The van der Waals surface area contributed by atoms with Gasteiger partial charge in [0, 0.05) is 36.3 Å². The van der Waals surface area contributed by atoms with E-state index in [1.165, 1.54) is 0 Å². The fraction of sp³-hybridized carbons (Fsp3) is 0.556. The summed E-state index contributed by atoms with van der Waals surface area (Å²) in [6.45, 7) is 4.92. The molecule has 1 saturated heterocycles. The minimum Gasteiger partial charge on any atom is -0.333 e. The maximum Gasteiger partial charge on any atom is 0.254 e. The van der Waals surface area contributed by atoms with Gasteiger partial charge < -0.3 is 9.80 Å². The predicted octanol–water partition coefficient (Wildman–Crippen LogP) is 3.22. The smallest absolute Gasteiger partial charge is 0.254 e. The van der Waals surface area contributed by atoms with Crippen LogP contribution in [0.25, 0.3) is 0 Å². The van der Waals surface area contributed by atoms with Crippen molar-refractivity contribution in [1.82, 2.24) is 4.90 Å². The summed E-state index contributed by atoms with van der Waals surface area (Å²) in [5, 5.41) is 0. The zero-order valence-corrected chi connectivity index (χ0v) is 13.4. The molecule has 2 fully saturated rings. The molecule has 1 aromatic carbocycles. The topological polar surface area (TPSA) is 40.6 Å². The first-order chi connectivity index (χ1) is 10.6. The highest BCUT2D eigenvalue weighted by atomic mass is 16.2. The zero-order valence-electron chi connectivity index (χ0n) is 13.4. The van der Waals surface area contributed by atoms with Crippen LogP contribution in [0.15, 0.2) is 24.3 Å². The van der Waals surface area contributed by atoms with E-state index in [1.807, 2.05) is 34.1 Å². The number of benzene rings is 1. The average molecular weight is 300 g/mol. The highest BCUT2D eigenvalue weighted by molar-refractivity contribution is 5.97. The molecule has 1 saturated carbocycles. The van der Waals surface area contributed by atoms with Crippen molar-refractivity contribution in [1.29, 1.82) is 0 Å². The van der Waals surface area contributed by atoms with Crippen molar-refractivity contribution < 1.29 is 9.59 Å². The molecule has 1 heterocycles. The molecule has 1 aliphatic carbocycles. The summed E-state index contributed by atoms with van der Waals surface area (Å²) in [5.41, 5.74) is 1.62. The van der Waals surface area contributed by atoms with Gasteiger partial charge in [-0.2, -0.15) is 0 Å². The van der Waals surface area contributed by atoms with E-state index >= 15 is 0 Å². The third-order valence-electron chi connectivity index (χ3n) is 4.48. The second kappa shape index (κ2) is 6.11. The Kier molecular flexibility index (Phi) is 4.19. The SMILES string of the molecule is CC(C)N(C(=O)c1ccc(N2CCCCC2=O)cc1)C1CC1. The fourth-order valence-corrected chi connectivity index (χ4v) is 3.19. The number of rotatable bonds is 4. The van der Waals surface area contributed by atoms with Crippen molar-refractivity contribution in [3.8, 4) is 0 Å². The van der Waals surface area contributed by atoms with Gasteiger partial charge in [0.2, 0.25) is 5.91 Å². The van der Waals surface area contributed by atoms with Crippen LogP contribution in [0.4, 0.5) is 5.69 Å². The third kappa shape index (κ3) is 3.01. The first-order valence-electron chi connectivity index (χ1n) is 8.31. The van der Waals surface area contributed by atoms with Crippen molar-refractivity contribution in [3.63, 3.8) is 0 Å². The van der Waals surface area contributed by atoms with Gasteiger partial charge >= 0.3 is 0 Å². The molecule has 3 rings (SSSR count). The second-order valence-corrected chi connectivity index (χ2v) is 6.59. The molecule has 1 aromatic rings. The van der Waals surface area contributed by atoms with Crippen LogP contribution < -0.4 is 4.90 Å². The number of carbonyl (C=O) groups excluding carboxylic acids is 2. The largest absolute Gasteiger partial charge is 0.333 e. The normalized spacial score (nSPS) is 18.7. The van der Waals surface area contributed by atoms with Crippen LogP contribution in [-0.4, -0.2) is 35.3 Å². The number of nitrogens with zero attached hydrogens (tertiary/aromatic N) is 2. The van der Waals surface area contributed by atoms with Crippen molar-refractivity contribution in [2.24, 2.45) is 0 Å². The van der Waals surface area contributed by atoms with E-state index in [1.54, 1.807) is 0 Å². The predicted molar refractivity (Wildman–Crippen MR) is 87.0 cm³/mol. The minimum absolute atomic E-state index is 0.106. The van der Waals surface area contributed by atoms with Gasteiger partial charge in [-0.1, -0.05) is 0 Å². The molecule has 22 heavy (non-hydrogen) atoms. The van der Waals surface area contributed by atoms with Crippen LogP contribution in [0.5, 0.6) is 0 Å². The lowest BCUT2D eigenvalue weighted by atomic mass is 10.1. The molecular weight excluding hydrogens is 276 g/mol. The molecule has 2 aliphatic rings. The Labute approximate surface area is 132 Å². The van der Waals surface area contributed by atoms with Gasteiger partial charge in [0.05, 0.1) is 0 Å². The molecule has 0 aromatic heterocycles. The van der Waals surface area contributed by atoms with E-state index in [9.17, 15) is 9.59 Å². The molecule has 0 atom stereocenters. The summed E-state index contributed by atoms with van der Waals surface area (Å²) in [4.78, 5) is 28.4. The molecule has 0 unspecified atom stereocenters. The first kappa shape index (κ1) is 15.1. The van der Waals surface area contributed by atoms with Gasteiger partial charge in [0.1, 0.15) is 0 Å². The van der Waals surface area contributed by atoms with E-state index in [0.29, 0.717) is 18.0 Å². The van der Waals surface area contributed by atoms with Crippen molar-refractivity contribution in [3.05, 3.63) is 29.8 Å². The quantitative estimate of drug-likeness (QED) is 0.856. The monoisotopic (exact) mass is 300 g/mol. The maximum absolute atomic E-state index is 12.7. The number of anilines is 1. The summed E-state index contributed by atoms with van der Waals surface area (Å²) in [5.74, 6) is 0.293. The van der Waals surface area contributed by atoms with Gasteiger partial charge in [0.15, 0.2) is 0 Å².